The van der Waals surface area contributed by atoms with Crippen molar-refractivity contribution in [3.8, 4) is 11.8 Å². The highest BCUT2D eigenvalue weighted by atomic mass is 35.5. The number of amides is 1. The standard InChI is InChI=1S/C14H17ClN2O3/c1-14(2,3)20-13(18)17-6-7-19-12-5-4-11(15)8-10(12)9-16/h4-5,8H,6-7H2,1-3H3,(H,17,18). The molecule has 0 bridgehead atoms. The van der Waals surface area contributed by atoms with E-state index in [4.69, 9.17) is 26.3 Å². The average molecular weight is 297 g/mol. The summed E-state index contributed by atoms with van der Waals surface area (Å²) in [6.07, 6.45) is -0.502. The maximum atomic E-state index is 11.4. The Balaban J connectivity index is 2.39. The maximum absolute atomic E-state index is 11.4. The van der Waals surface area contributed by atoms with Gasteiger partial charge < -0.3 is 14.8 Å². The molecule has 0 unspecified atom stereocenters. The molecule has 0 heterocycles. The number of rotatable bonds is 4. The number of nitrogens with one attached hydrogen (secondary N) is 1. The van der Waals surface area contributed by atoms with E-state index in [2.05, 4.69) is 5.32 Å². The van der Waals surface area contributed by atoms with Crippen LogP contribution in [0.1, 0.15) is 26.3 Å². The Morgan fingerprint density at radius 3 is 2.75 bits per heavy atom. The molecule has 0 saturated carbocycles. The molecule has 0 radical (unpaired) electrons. The zero-order valence-corrected chi connectivity index (χ0v) is 12.5. The number of benzene rings is 1. The van der Waals surface area contributed by atoms with Gasteiger partial charge in [0.15, 0.2) is 0 Å². The monoisotopic (exact) mass is 296 g/mol. The lowest BCUT2D eigenvalue weighted by atomic mass is 10.2. The summed E-state index contributed by atoms with van der Waals surface area (Å²) >= 11 is 5.78. The van der Waals surface area contributed by atoms with Crippen molar-refractivity contribution < 1.29 is 14.3 Å². The summed E-state index contributed by atoms with van der Waals surface area (Å²) < 4.78 is 10.5. The molecule has 1 aromatic carbocycles. The van der Waals surface area contributed by atoms with Gasteiger partial charge in [-0.3, -0.25) is 0 Å². The van der Waals surface area contributed by atoms with Crippen molar-refractivity contribution in [2.45, 2.75) is 26.4 Å². The number of hydrogen-bond acceptors (Lipinski definition) is 4. The Morgan fingerprint density at radius 1 is 1.45 bits per heavy atom. The number of carbonyl (C=O) groups excluding carboxylic acids is 1. The number of ether oxygens (including phenoxy) is 2. The molecule has 0 aliphatic carbocycles. The van der Waals surface area contributed by atoms with Crippen molar-refractivity contribution in [3.05, 3.63) is 28.8 Å². The molecule has 0 atom stereocenters. The van der Waals surface area contributed by atoms with Crippen molar-refractivity contribution in [2.75, 3.05) is 13.2 Å². The van der Waals surface area contributed by atoms with E-state index in [0.29, 0.717) is 16.3 Å². The number of carbonyl (C=O) groups is 1. The molecule has 0 aromatic heterocycles. The van der Waals surface area contributed by atoms with Crippen molar-refractivity contribution in [2.24, 2.45) is 0 Å². The van der Waals surface area contributed by atoms with Crippen LogP contribution >= 0.6 is 11.6 Å². The van der Waals surface area contributed by atoms with E-state index in [1.54, 1.807) is 32.9 Å². The molecule has 1 aromatic rings. The van der Waals surface area contributed by atoms with Gasteiger partial charge in [0.05, 0.1) is 12.1 Å². The zero-order chi connectivity index (χ0) is 15.2. The maximum Gasteiger partial charge on any atom is 0.407 e. The Bertz CT molecular complexity index is 518. The quantitative estimate of drug-likeness (QED) is 0.867. The van der Waals surface area contributed by atoms with Gasteiger partial charge in [0, 0.05) is 5.02 Å². The van der Waals surface area contributed by atoms with Crippen LogP contribution in [0.3, 0.4) is 0 Å². The highest BCUT2D eigenvalue weighted by Gasteiger charge is 2.15. The smallest absolute Gasteiger partial charge is 0.407 e. The van der Waals surface area contributed by atoms with E-state index in [-0.39, 0.29) is 13.2 Å². The molecule has 0 aliphatic heterocycles. The summed E-state index contributed by atoms with van der Waals surface area (Å²) in [6.45, 7) is 5.87. The summed E-state index contributed by atoms with van der Waals surface area (Å²) in [5.74, 6) is 0.433. The topological polar surface area (TPSA) is 71.3 Å². The fourth-order valence-electron chi connectivity index (χ4n) is 1.34. The second kappa shape index (κ2) is 7.01. The molecule has 0 saturated heterocycles. The summed E-state index contributed by atoms with van der Waals surface area (Å²) in [7, 11) is 0. The van der Waals surface area contributed by atoms with Gasteiger partial charge in [-0.1, -0.05) is 11.6 Å². The summed E-state index contributed by atoms with van der Waals surface area (Å²) in [5, 5.41) is 12.0. The van der Waals surface area contributed by atoms with Crippen molar-refractivity contribution in [1.29, 1.82) is 5.26 Å². The van der Waals surface area contributed by atoms with Crippen LogP contribution < -0.4 is 10.1 Å². The van der Waals surface area contributed by atoms with Gasteiger partial charge in [-0.15, -0.1) is 0 Å². The fraction of sp³-hybridized carbons (Fsp3) is 0.429. The van der Waals surface area contributed by atoms with Crippen LogP contribution in [0.25, 0.3) is 0 Å². The van der Waals surface area contributed by atoms with Crippen molar-refractivity contribution in [3.63, 3.8) is 0 Å². The summed E-state index contributed by atoms with van der Waals surface area (Å²) in [6, 6.07) is 6.78. The highest BCUT2D eigenvalue weighted by Crippen LogP contribution is 2.21. The second-order valence-corrected chi connectivity index (χ2v) is 5.47. The lowest BCUT2D eigenvalue weighted by Gasteiger charge is -2.19. The third-order valence-corrected chi connectivity index (χ3v) is 2.33. The summed E-state index contributed by atoms with van der Waals surface area (Å²) in [4.78, 5) is 11.4. The number of hydrogen-bond donors (Lipinski definition) is 1. The first-order valence-corrected chi connectivity index (χ1v) is 6.49. The Kier molecular flexibility index (Phi) is 5.66. The lowest BCUT2D eigenvalue weighted by Crippen LogP contribution is -2.34. The van der Waals surface area contributed by atoms with Gasteiger partial charge in [-0.2, -0.15) is 5.26 Å². The van der Waals surface area contributed by atoms with E-state index < -0.39 is 11.7 Å². The highest BCUT2D eigenvalue weighted by molar-refractivity contribution is 6.30. The molecule has 0 aliphatic rings. The van der Waals surface area contributed by atoms with Crippen molar-refractivity contribution >= 4 is 17.7 Å². The molecule has 20 heavy (non-hydrogen) atoms. The minimum Gasteiger partial charge on any atom is -0.490 e. The molecule has 1 amide bonds. The van der Waals surface area contributed by atoms with Gasteiger partial charge in [0.25, 0.3) is 0 Å². The zero-order valence-electron chi connectivity index (χ0n) is 11.7. The number of alkyl carbamates (subject to hydrolysis) is 1. The average Bonchev–Trinajstić information content (AvgIpc) is 2.33. The Morgan fingerprint density at radius 2 is 2.15 bits per heavy atom. The largest absolute Gasteiger partial charge is 0.490 e. The molecule has 0 spiro atoms. The van der Waals surface area contributed by atoms with Crippen LogP contribution in [-0.4, -0.2) is 24.8 Å². The minimum atomic E-state index is -0.533. The molecular formula is C14H17ClN2O3. The number of nitriles is 1. The molecular weight excluding hydrogens is 280 g/mol. The van der Waals surface area contributed by atoms with Crippen LogP contribution in [0, 0.1) is 11.3 Å². The molecule has 1 rings (SSSR count). The van der Waals surface area contributed by atoms with Gasteiger partial charge in [0.1, 0.15) is 24.0 Å². The second-order valence-electron chi connectivity index (χ2n) is 5.03. The number of nitrogens with zero attached hydrogens (tertiary/aromatic N) is 1. The SMILES string of the molecule is CC(C)(C)OC(=O)NCCOc1ccc(Cl)cc1C#N. The predicted molar refractivity (Wildman–Crippen MR) is 75.9 cm³/mol. The number of halogens is 1. The first-order chi connectivity index (χ1) is 9.31. The molecule has 5 nitrogen and oxygen atoms in total. The van der Waals surface area contributed by atoms with E-state index in [1.807, 2.05) is 6.07 Å². The fourth-order valence-corrected chi connectivity index (χ4v) is 1.52. The first-order valence-electron chi connectivity index (χ1n) is 6.11. The van der Waals surface area contributed by atoms with Gasteiger partial charge >= 0.3 is 6.09 Å². The van der Waals surface area contributed by atoms with E-state index >= 15 is 0 Å². The van der Waals surface area contributed by atoms with Gasteiger partial charge in [-0.25, -0.2) is 4.79 Å². The first kappa shape index (κ1) is 16.1. The molecule has 1 N–H and O–H groups in total. The molecule has 6 heteroatoms. The Hall–Kier alpha value is -1.93. The minimum absolute atomic E-state index is 0.232. The van der Waals surface area contributed by atoms with E-state index in [9.17, 15) is 4.79 Å². The Labute approximate surface area is 123 Å². The van der Waals surface area contributed by atoms with Crippen LogP contribution in [0.4, 0.5) is 4.79 Å². The molecule has 108 valence electrons. The van der Waals surface area contributed by atoms with Gasteiger partial charge in [0.2, 0.25) is 0 Å². The predicted octanol–water partition coefficient (Wildman–Crippen LogP) is 3.12. The van der Waals surface area contributed by atoms with Crippen molar-refractivity contribution in [1.82, 2.24) is 5.32 Å². The summed E-state index contributed by atoms with van der Waals surface area (Å²) in [5.41, 5.74) is -0.176. The normalized spacial score (nSPS) is 10.6. The van der Waals surface area contributed by atoms with E-state index in [1.165, 1.54) is 6.07 Å². The van der Waals surface area contributed by atoms with Gasteiger partial charge in [-0.05, 0) is 39.0 Å². The lowest BCUT2D eigenvalue weighted by molar-refractivity contribution is 0.0520. The van der Waals surface area contributed by atoms with Crippen LogP contribution in [0.2, 0.25) is 5.02 Å². The van der Waals surface area contributed by atoms with Crippen LogP contribution in [0.15, 0.2) is 18.2 Å². The third kappa shape index (κ3) is 5.81. The van der Waals surface area contributed by atoms with Crippen LogP contribution in [0.5, 0.6) is 5.75 Å². The third-order valence-electron chi connectivity index (χ3n) is 2.09. The van der Waals surface area contributed by atoms with E-state index in [0.717, 1.165) is 0 Å². The molecule has 0 fully saturated rings. The van der Waals surface area contributed by atoms with Crippen LogP contribution in [-0.2, 0) is 4.74 Å².